The van der Waals surface area contributed by atoms with Crippen LogP contribution in [0.15, 0.2) is 24.5 Å². The van der Waals surface area contributed by atoms with Crippen LogP contribution in [0, 0.1) is 20.8 Å². The molecule has 72 valence electrons. The van der Waals surface area contributed by atoms with Crippen molar-refractivity contribution in [2.24, 2.45) is 0 Å². The lowest BCUT2D eigenvalue weighted by molar-refractivity contribution is 0.829. The van der Waals surface area contributed by atoms with Crippen LogP contribution in [0.1, 0.15) is 16.8 Å². The summed E-state index contributed by atoms with van der Waals surface area (Å²) in [5.41, 5.74) is 3.45. The summed E-state index contributed by atoms with van der Waals surface area (Å²) in [4.78, 5) is 4.32. The van der Waals surface area contributed by atoms with E-state index in [1.54, 1.807) is 4.68 Å². The number of aromatic nitrogens is 3. The van der Waals surface area contributed by atoms with Gasteiger partial charge in [0.1, 0.15) is 0 Å². The lowest BCUT2D eigenvalue weighted by Crippen LogP contribution is -1.99. The first-order chi connectivity index (χ1) is 6.66. The Bertz CT molecular complexity index is 457. The molecular formula is C11H13N3. The maximum Gasteiger partial charge on any atom is 0.153 e. The van der Waals surface area contributed by atoms with Gasteiger partial charge < -0.3 is 0 Å². The summed E-state index contributed by atoms with van der Waals surface area (Å²) in [7, 11) is 0. The van der Waals surface area contributed by atoms with E-state index in [1.807, 2.05) is 31.5 Å². The van der Waals surface area contributed by atoms with Crippen molar-refractivity contribution >= 4 is 0 Å². The molecule has 0 unspecified atom stereocenters. The highest BCUT2D eigenvalue weighted by molar-refractivity contribution is 5.31. The van der Waals surface area contributed by atoms with E-state index in [0.717, 1.165) is 11.5 Å². The van der Waals surface area contributed by atoms with Crippen molar-refractivity contribution in [3.8, 4) is 5.82 Å². The Kier molecular flexibility index (Phi) is 2.08. The number of pyridine rings is 1. The molecule has 0 aliphatic rings. The molecule has 0 spiro atoms. The lowest BCUT2D eigenvalue weighted by Gasteiger charge is -2.03. The second kappa shape index (κ2) is 3.25. The van der Waals surface area contributed by atoms with Crippen LogP contribution >= 0.6 is 0 Å². The van der Waals surface area contributed by atoms with Gasteiger partial charge >= 0.3 is 0 Å². The third-order valence-corrected chi connectivity index (χ3v) is 2.32. The van der Waals surface area contributed by atoms with Crippen LogP contribution in [0.5, 0.6) is 0 Å². The van der Waals surface area contributed by atoms with Gasteiger partial charge in [-0.3, -0.25) is 0 Å². The van der Waals surface area contributed by atoms with Crippen molar-refractivity contribution in [1.82, 2.24) is 14.8 Å². The molecular weight excluding hydrogens is 174 g/mol. The summed E-state index contributed by atoms with van der Waals surface area (Å²) >= 11 is 0. The molecule has 0 saturated heterocycles. The fourth-order valence-electron chi connectivity index (χ4n) is 1.28. The monoisotopic (exact) mass is 187 g/mol. The Morgan fingerprint density at radius 3 is 2.50 bits per heavy atom. The van der Waals surface area contributed by atoms with Gasteiger partial charge in [-0.05, 0) is 44.0 Å². The van der Waals surface area contributed by atoms with Crippen LogP contribution < -0.4 is 0 Å². The van der Waals surface area contributed by atoms with Gasteiger partial charge in [-0.2, -0.15) is 5.10 Å². The molecule has 3 heteroatoms. The number of nitrogens with zero attached hydrogens (tertiary/aromatic N) is 3. The second-order valence-corrected chi connectivity index (χ2v) is 3.53. The molecule has 0 aliphatic carbocycles. The molecule has 0 aliphatic heterocycles. The van der Waals surface area contributed by atoms with Crippen LogP contribution in [0.25, 0.3) is 5.82 Å². The zero-order valence-corrected chi connectivity index (χ0v) is 8.65. The van der Waals surface area contributed by atoms with Gasteiger partial charge in [0, 0.05) is 12.4 Å². The van der Waals surface area contributed by atoms with E-state index in [0.29, 0.717) is 0 Å². The highest BCUT2D eigenvalue weighted by Crippen LogP contribution is 2.10. The van der Waals surface area contributed by atoms with Crippen LogP contribution in [-0.2, 0) is 0 Å². The number of hydrogen-bond donors (Lipinski definition) is 0. The van der Waals surface area contributed by atoms with Gasteiger partial charge in [0.05, 0.1) is 5.69 Å². The average molecular weight is 187 g/mol. The van der Waals surface area contributed by atoms with Gasteiger partial charge in [-0.1, -0.05) is 0 Å². The van der Waals surface area contributed by atoms with E-state index in [-0.39, 0.29) is 0 Å². The second-order valence-electron chi connectivity index (χ2n) is 3.53. The van der Waals surface area contributed by atoms with Crippen molar-refractivity contribution in [3.63, 3.8) is 0 Å². The maximum absolute atomic E-state index is 4.32. The van der Waals surface area contributed by atoms with Crippen molar-refractivity contribution in [1.29, 1.82) is 0 Å². The molecule has 0 atom stereocenters. The summed E-state index contributed by atoms with van der Waals surface area (Å²) < 4.78 is 1.79. The summed E-state index contributed by atoms with van der Waals surface area (Å²) in [6.45, 7) is 6.11. The average Bonchev–Trinajstić information content (AvgIpc) is 2.57. The van der Waals surface area contributed by atoms with Crippen LogP contribution in [0.2, 0.25) is 0 Å². The first-order valence-electron chi connectivity index (χ1n) is 4.63. The standard InChI is InChI=1S/C11H13N3/c1-8-6-11(12-7-9(8)2)14-5-4-10(3)13-14/h4-7H,1-3H3. The fraction of sp³-hybridized carbons (Fsp3) is 0.273. The van der Waals surface area contributed by atoms with Crippen molar-refractivity contribution in [2.75, 3.05) is 0 Å². The zero-order valence-electron chi connectivity index (χ0n) is 8.65. The van der Waals surface area contributed by atoms with E-state index in [4.69, 9.17) is 0 Å². The fourth-order valence-corrected chi connectivity index (χ4v) is 1.28. The first kappa shape index (κ1) is 8.94. The number of hydrogen-bond acceptors (Lipinski definition) is 2. The van der Waals surface area contributed by atoms with E-state index in [1.165, 1.54) is 11.1 Å². The predicted octanol–water partition coefficient (Wildman–Crippen LogP) is 2.19. The Hall–Kier alpha value is -1.64. The third-order valence-electron chi connectivity index (χ3n) is 2.32. The summed E-state index contributed by atoms with van der Waals surface area (Å²) in [6, 6.07) is 4.01. The largest absolute Gasteiger partial charge is 0.237 e. The molecule has 0 amide bonds. The Morgan fingerprint density at radius 1 is 1.14 bits per heavy atom. The highest BCUT2D eigenvalue weighted by atomic mass is 15.3. The lowest BCUT2D eigenvalue weighted by atomic mass is 10.2. The predicted molar refractivity (Wildman–Crippen MR) is 55.6 cm³/mol. The van der Waals surface area contributed by atoms with Gasteiger partial charge in [-0.25, -0.2) is 9.67 Å². The molecule has 0 radical (unpaired) electrons. The molecule has 14 heavy (non-hydrogen) atoms. The number of aryl methyl sites for hydroxylation is 3. The van der Waals surface area contributed by atoms with Crippen LogP contribution in [-0.4, -0.2) is 14.8 Å². The highest BCUT2D eigenvalue weighted by Gasteiger charge is 2.00. The van der Waals surface area contributed by atoms with E-state index >= 15 is 0 Å². The van der Waals surface area contributed by atoms with Gasteiger partial charge in [-0.15, -0.1) is 0 Å². The minimum absolute atomic E-state index is 0.876. The Balaban J connectivity index is 2.47. The van der Waals surface area contributed by atoms with Crippen LogP contribution in [0.3, 0.4) is 0 Å². The normalized spacial score (nSPS) is 10.5. The molecule has 2 rings (SSSR count). The molecule has 0 fully saturated rings. The molecule has 2 heterocycles. The van der Waals surface area contributed by atoms with Gasteiger partial charge in [0.15, 0.2) is 5.82 Å². The molecule has 0 N–H and O–H groups in total. The topological polar surface area (TPSA) is 30.7 Å². The van der Waals surface area contributed by atoms with Crippen molar-refractivity contribution < 1.29 is 0 Å². The van der Waals surface area contributed by atoms with Crippen molar-refractivity contribution in [3.05, 3.63) is 41.3 Å². The van der Waals surface area contributed by atoms with Gasteiger partial charge in [0.2, 0.25) is 0 Å². The Morgan fingerprint density at radius 2 is 1.93 bits per heavy atom. The van der Waals surface area contributed by atoms with E-state index < -0.39 is 0 Å². The molecule has 2 aromatic heterocycles. The van der Waals surface area contributed by atoms with E-state index in [9.17, 15) is 0 Å². The summed E-state index contributed by atoms with van der Waals surface area (Å²) in [6.07, 6.45) is 3.80. The van der Waals surface area contributed by atoms with Crippen LogP contribution in [0.4, 0.5) is 0 Å². The maximum atomic E-state index is 4.32. The molecule has 2 aromatic rings. The summed E-state index contributed by atoms with van der Waals surface area (Å²) in [5.74, 6) is 0.876. The minimum Gasteiger partial charge on any atom is -0.237 e. The van der Waals surface area contributed by atoms with Crippen molar-refractivity contribution in [2.45, 2.75) is 20.8 Å². The molecule has 0 bridgehead atoms. The smallest absolute Gasteiger partial charge is 0.153 e. The molecule has 0 aromatic carbocycles. The molecule has 3 nitrogen and oxygen atoms in total. The van der Waals surface area contributed by atoms with E-state index in [2.05, 4.69) is 23.9 Å². The zero-order chi connectivity index (χ0) is 10.1. The molecule has 0 saturated carbocycles. The summed E-state index contributed by atoms with van der Waals surface area (Å²) in [5, 5.41) is 4.31. The quantitative estimate of drug-likeness (QED) is 0.685. The SMILES string of the molecule is Cc1ccn(-c2cc(C)c(C)cn2)n1. The van der Waals surface area contributed by atoms with Gasteiger partial charge in [0.25, 0.3) is 0 Å². The number of rotatable bonds is 1. The minimum atomic E-state index is 0.876. The third kappa shape index (κ3) is 1.53. The first-order valence-corrected chi connectivity index (χ1v) is 4.63. The Labute approximate surface area is 83.4 Å².